The molecule has 0 heterocycles. The van der Waals surface area contributed by atoms with Gasteiger partial charge in [-0.1, -0.05) is 47.5 Å². The molecule has 0 spiro atoms. The summed E-state index contributed by atoms with van der Waals surface area (Å²) in [5, 5.41) is 14.4. The van der Waals surface area contributed by atoms with Crippen molar-refractivity contribution in [2.75, 3.05) is 13.2 Å². The molecule has 0 amide bonds. The third-order valence-electron chi connectivity index (χ3n) is 3.27. The van der Waals surface area contributed by atoms with Crippen molar-refractivity contribution in [1.29, 1.82) is 0 Å². The molecule has 118 valence electrons. The van der Waals surface area contributed by atoms with Crippen LogP contribution in [0.5, 0.6) is 5.75 Å². The van der Waals surface area contributed by atoms with Gasteiger partial charge in [0.15, 0.2) is 0 Å². The first-order chi connectivity index (χ1) is 10.6. The first-order valence-electron chi connectivity index (χ1n) is 7.10. The van der Waals surface area contributed by atoms with Gasteiger partial charge in [0.25, 0.3) is 0 Å². The molecule has 0 radical (unpaired) electrons. The van der Waals surface area contributed by atoms with Crippen LogP contribution in [-0.4, -0.2) is 24.4 Å². The molecule has 0 saturated carbocycles. The van der Waals surface area contributed by atoms with Crippen LogP contribution in [0.15, 0.2) is 48.5 Å². The van der Waals surface area contributed by atoms with Crippen LogP contribution in [0.2, 0.25) is 10.0 Å². The first-order valence-corrected chi connectivity index (χ1v) is 7.86. The summed E-state index contributed by atoms with van der Waals surface area (Å²) in [6.07, 6.45) is -0.603. The van der Waals surface area contributed by atoms with Gasteiger partial charge in [0, 0.05) is 22.6 Å². The van der Waals surface area contributed by atoms with Gasteiger partial charge < -0.3 is 15.2 Å². The fraction of sp³-hybridized carbons (Fsp3) is 0.294. The van der Waals surface area contributed by atoms with Crippen molar-refractivity contribution < 1.29 is 9.84 Å². The highest BCUT2D eigenvalue weighted by Crippen LogP contribution is 2.25. The largest absolute Gasteiger partial charge is 0.491 e. The van der Waals surface area contributed by atoms with Crippen molar-refractivity contribution in [2.45, 2.75) is 19.1 Å². The van der Waals surface area contributed by atoms with Gasteiger partial charge >= 0.3 is 0 Å². The van der Waals surface area contributed by atoms with Crippen molar-refractivity contribution in [3.63, 3.8) is 0 Å². The van der Waals surface area contributed by atoms with Gasteiger partial charge in [-0.15, -0.1) is 0 Å². The maximum absolute atomic E-state index is 9.98. The maximum Gasteiger partial charge on any atom is 0.119 e. The normalized spacial score (nSPS) is 13.6. The van der Waals surface area contributed by atoms with Crippen molar-refractivity contribution >= 4 is 23.2 Å². The number of halogens is 2. The van der Waals surface area contributed by atoms with Crippen molar-refractivity contribution in [1.82, 2.24) is 5.32 Å². The summed E-state index contributed by atoms with van der Waals surface area (Å²) in [4.78, 5) is 0. The number of aliphatic hydroxyl groups is 1. The molecule has 0 bridgehead atoms. The van der Waals surface area contributed by atoms with E-state index in [1.807, 2.05) is 43.3 Å². The summed E-state index contributed by atoms with van der Waals surface area (Å²) in [5.41, 5.74) is 0.947. The monoisotopic (exact) mass is 339 g/mol. The molecule has 0 saturated heterocycles. The molecule has 2 aromatic rings. The lowest BCUT2D eigenvalue weighted by Gasteiger charge is -2.19. The van der Waals surface area contributed by atoms with E-state index in [-0.39, 0.29) is 12.6 Å². The molecule has 2 aromatic carbocycles. The van der Waals surface area contributed by atoms with E-state index in [0.717, 1.165) is 11.3 Å². The van der Waals surface area contributed by atoms with Crippen LogP contribution in [0.3, 0.4) is 0 Å². The fourth-order valence-electron chi connectivity index (χ4n) is 2.04. The number of hydrogen-bond acceptors (Lipinski definition) is 3. The second kappa shape index (κ2) is 8.39. The van der Waals surface area contributed by atoms with Gasteiger partial charge in [-0.05, 0) is 36.8 Å². The second-order valence-corrected chi connectivity index (χ2v) is 5.92. The summed E-state index contributed by atoms with van der Waals surface area (Å²) in [6, 6.07) is 14.8. The molecular weight excluding hydrogens is 321 g/mol. The molecular formula is C17H19Cl2NO2. The van der Waals surface area contributed by atoms with Crippen LogP contribution in [0.4, 0.5) is 0 Å². The Kier molecular flexibility index (Phi) is 6.52. The summed E-state index contributed by atoms with van der Waals surface area (Å²) in [7, 11) is 0. The Morgan fingerprint density at radius 1 is 1.14 bits per heavy atom. The Balaban J connectivity index is 1.79. The Morgan fingerprint density at radius 3 is 2.55 bits per heavy atom. The molecule has 2 unspecified atom stereocenters. The zero-order valence-corrected chi connectivity index (χ0v) is 13.8. The maximum atomic E-state index is 9.98. The van der Waals surface area contributed by atoms with E-state index in [0.29, 0.717) is 16.6 Å². The van der Waals surface area contributed by atoms with Crippen LogP contribution < -0.4 is 10.1 Å². The molecule has 2 N–H and O–H groups in total. The van der Waals surface area contributed by atoms with E-state index in [1.54, 1.807) is 12.1 Å². The third kappa shape index (κ3) is 5.18. The molecule has 22 heavy (non-hydrogen) atoms. The molecule has 5 heteroatoms. The van der Waals surface area contributed by atoms with Crippen molar-refractivity contribution in [2.24, 2.45) is 0 Å². The lowest BCUT2D eigenvalue weighted by atomic mass is 10.1. The van der Waals surface area contributed by atoms with Gasteiger partial charge in [0.2, 0.25) is 0 Å². The highest BCUT2D eigenvalue weighted by Gasteiger charge is 2.12. The van der Waals surface area contributed by atoms with Gasteiger partial charge in [-0.2, -0.15) is 0 Å². The predicted octanol–water partition coefficient (Wildman–Crippen LogP) is 4.08. The Hall–Kier alpha value is -1.26. The van der Waals surface area contributed by atoms with E-state index in [9.17, 15) is 5.11 Å². The van der Waals surface area contributed by atoms with Crippen LogP contribution in [-0.2, 0) is 0 Å². The van der Waals surface area contributed by atoms with Gasteiger partial charge in [-0.25, -0.2) is 0 Å². The standard InChI is InChI=1S/C17H19Cl2NO2/c1-12(16-8-7-13(18)9-17(16)19)20-10-14(21)11-22-15-5-3-2-4-6-15/h2-9,12,14,20-21H,10-11H2,1H3. The van der Waals surface area contributed by atoms with Crippen LogP contribution in [0.1, 0.15) is 18.5 Å². The molecule has 0 aliphatic carbocycles. The minimum atomic E-state index is -0.603. The van der Waals surface area contributed by atoms with E-state index < -0.39 is 6.10 Å². The van der Waals surface area contributed by atoms with E-state index >= 15 is 0 Å². The zero-order chi connectivity index (χ0) is 15.9. The van der Waals surface area contributed by atoms with E-state index in [1.165, 1.54) is 0 Å². The summed E-state index contributed by atoms with van der Waals surface area (Å²) >= 11 is 12.1. The number of benzene rings is 2. The minimum absolute atomic E-state index is 0.0103. The molecule has 2 atom stereocenters. The average Bonchev–Trinajstić information content (AvgIpc) is 2.51. The van der Waals surface area contributed by atoms with Gasteiger partial charge in [0.1, 0.15) is 18.5 Å². The molecule has 0 aliphatic heterocycles. The predicted molar refractivity (Wildman–Crippen MR) is 90.8 cm³/mol. The highest BCUT2D eigenvalue weighted by molar-refractivity contribution is 6.35. The number of ether oxygens (including phenoxy) is 1. The first kappa shape index (κ1) is 17.1. The average molecular weight is 340 g/mol. The quantitative estimate of drug-likeness (QED) is 0.798. The molecule has 2 rings (SSSR count). The van der Waals surface area contributed by atoms with Gasteiger partial charge in [-0.3, -0.25) is 0 Å². The number of hydrogen-bond donors (Lipinski definition) is 2. The molecule has 0 aromatic heterocycles. The second-order valence-electron chi connectivity index (χ2n) is 5.07. The minimum Gasteiger partial charge on any atom is -0.491 e. The Bertz CT molecular complexity index is 592. The lowest BCUT2D eigenvalue weighted by Crippen LogP contribution is -2.33. The number of nitrogens with one attached hydrogen (secondary N) is 1. The topological polar surface area (TPSA) is 41.5 Å². The van der Waals surface area contributed by atoms with Crippen LogP contribution in [0.25, 0.3) is 0 Å². The van der Waals surface area contributed by atoms with Gasteiger partial charge in [0.05, 0.1) is 0 Å². The van der Waals surface area contributed by atoms with Crippen molar-refractivity contribution in [3.8, 4) is 5.75 Å². The summed E-state index contributed by atoms with van der Waals surface area (Å²) in [6.45, 7) is 2.63. The third-order valence-corrected chi connectivity index (χ3v) is 3.84. The molecule has 3 nitrogen and oxygen atoms in total. The fourth-order valence-corrected chi connectivity index (χ4v) is 2.62. The Morgan fingerprint density at radius 2 is 1.86 bits per heavy atom. The summed E-state index contributed by atoms with van der Waals surface area (Å²) < 4.78 is 5.51. The van der Waals surface area contributed by atoms with E-state index in [2.05, 4.69) is 5.32 Å². The zero-order valence-electron chi connectivity index (χ0n) is 12.3. The Labute approximate surface area is 140 Å². The molecule has 0 fully saturated rings. The van der Waals surface area contributed by atoms with Crippen molar-refractivity contribution in [3.05, 3.63) is 64.1 Å². The van der Waals surface area contributed by atoms with Crippen LogP contribution >= 0.6 is 23.2 Å². The lowest BCUT2D eigenvalue weighted by molar-refractivity contribution is 0.104. The number of aliphatic hydroxyl groups excluding tert-OH is 1. The molecule has 0 aliphatic rings. The van der Waals surface area contributed by atoms with E-state index in [4.69, 9.17) is 27.9 Å². The number of rotatable bonds is 7. The number of para-hydroxylation sites is 1. The van der Waals surface area contributed by atoms with Crippen LogP contribution in [0, 0.1) is 0 Å². The SMILES string of the molecule is CC(NCC(O)COc1ccccc1)c1ccc(Cl)cc1Cl. The smallest absolute Gasteiger partial charge is 0.119 e. The summed E-state index contributed by atoms with van der Waals surface area (Å²) in [5.74, 6) is 0.746. The highest BCUT2D eigenvalue weighted by atomic mass is 35.5.